The van der Waals surface area contributed by atoms with Crippen LogP contribution < -0.4 is 14.8 Å². The standard InChI is InChI=1S/C20H29N3O4/c1-14(2)22-9-6-16(7-10-22)27-18-12-15(4-5-17(18)26-3)20(25)23-11-8-21-19(24)13-23/h4-5,12,14,16H,6-11,13H2,1-3H3,(H,21,24). The molecule has 2 fully saturated rings. The maximum Gasteiger partial charge on any atom is 0.254 e. The van der Waals surface area contributed by atoms with Crippen molar-refractivity contribution < 1.29 is 19.1 Å². The molecule has 148 valence electrons. The summed E-state index contributed by atoms with van der Waals surface area (Å²) in [7, 11) is 1.60. The van der Waals surface area contributed by atoms with E-state index in [-0.39, 0.29) is 24.5 Å². The zero-order chi connectivity index (χ0) is 19.4. The van der Waals surface area contributed by atoms with Crippen LogP contribution in [-0.2, 0) is 4.79 Å². The van der Waals surface area contributed by atoms with Crippen LogP contribution in [0, 0.1) is 0 Å². The van der Waals surface area contributed by atoms with Crippen LogP contribution in [0.5, 0.6) is 11.5 Å². The van der Waals surface area contributed by atoms with E-state index in [1.54, 1.807) is 30.2 Å². The number of methoxy groups -OCH3 is 1. The van der Waals surface area contributed by atoms with E-state index in [0.717, 1.165) is 25.9 Å². The van der Waals surface area contributed by atoms with Gasteiger partial charge in [0.1, 0.15) is 6.10 Å². The summed E-state index contributed by atoms with van der Waals surface area (Å²) in [6, 6.07) is 5.77. The van der Waals surface area contributed by atoms with E-state index >= 15 is 0 Å². The number of benzene rings is 1. The van der Waals surface area contributed by atoms with Gasteiger partial charge < -0.3 is 24.6 Å². The molecule has 2 saturated heterocycles. The molecule has 2 amide bonds. The maximum absolute atomic E-state index is 12.8. The molecule has 1 N–H and O–H groups in total. The number of hydrogen-bond donors (Lipinski definition) is 1. The molecule has 7 heteroatoms. The van der Waals surface area contributed by atoms with Gasteiger partial charge in [0, 0.05) is 37.8 Å². The Balaban J connectivity index is 1.70. The molecule has 0 saturated carbocycles. The van der Waals surface area contributed by atoms with E-state index < -0.39 is 0 Å². The number of piperidine rings is 1. The topological polar surface area (TPSA) is 71.1 Å². The third-order valence-corrected chi connectivity index (χ3v) is 5.24. The Bertz CT molecular complexity index is 684. The highest BCUT2D eigenvalue weighted by molar-refractivity contribution is 5.97. The molecular weight excluding hydrogens is 346 g/mol. The maximum atomic E-state index is 12.8. The fourth-order valence-electron chi connectivity index (χ4n) is 3.59. The summed E-state index contributed by atoms with van der Waals surface area (Å²) in [5.74, 6) is 0.922. The second-order valence-corrected chi connectivity index (χ2v) is 7.39. The van der Waals surface area contributed by atoms with Gasteiger partial charge in [-0.2, -0.15) is 0 Å². The summed E-state index contributed by atoms with van der Waals surface area (Å²) < 4.78 is 11.6. The Morgan fingerprint density at radius 2 is 1.93 bits per heavy atom. The zero-order valence-electron chi connectivity index (χ0n) is 16.4. The zero-order valence-corrected chi connectivity index (χ0v) is 16.4. The lowest BCUT2D eigenvalue weighted by Crippen LogP contribution is -2.49. The lowest BCUT2D eigenvalue weighted by atomic mass is 10.1. The second kappa shape index (κ2) is 8.61. The normalized spacial score (nSPS) is 19.1. The minimum absolute atomic E-state index is 0.0920. The van der Waals surface area contributed by atoms with Gasteiger partial charge in [0.15, 0.2) is 11.5 Å². The largest absolute Gasteiger partial charge is 0.493 e. The summed E-state index contributed by atoms with van der Waals surface area (Å²) in [6.07, 6.45) is 2.01. The number of nitrogens with zero attached hydrogens (tertiary/aromatic N) is 2. The molecule has 0 aliphatic carbocycles. The quantitative estimate of drug-likeness (QED) is 0.845. The number of ether oxygens (including phenoxy) is 2. The van der Waals surface area contributed by atoms with Gasteiger partial charge >= 0.3 is 0 Å². The van der Waals surface area contributed by atoms with E-state index in [1.165, 1.54) is 0 Å². The van der Waals surface area contributed by atoms with Crippen molar-refractivity contribution in [2.75, 3.05) is 39.8 Å². The highest BCUT2D eigenvalue weighted by atomic mass is 16.5. The van der Waals surface area contributed by atoms with Gasteiger partial charge in [-0.1, -0.05) is 0 Å². The van der Waals surface area contributed by atoms with Gasteiger partial charge in [-0.25, -0.2) is 0 Å². The van der Waals surface area contributed by atoms with Crippen molar-refractivity contribution in [2.45, 2.75) is 38.8 Å². The molecule has 2 aliphatic heterocycles. The Labute approximate surface area is 160 Å². The van der Waals surface area contributed by atoms with Crippen molar-refractivity contribution in [3.8, 4) is 11.5 Å². The first-order valence-electron chi connectivity index (χ1n) is 9.62. The van der Waals surface area contributed by atoms with Crippen LogP contribution in [0.15, 0.2) is 18.2 Å². The van der Waals surface area contributed by atoms with Gasteiger partial charge in [0.25, 0.3) is 5.91 Å². The first-order valence-corrected chi connectivity index (χ1v) is 9.62. The van der Waals surface area contributed by atoms with Crippen LogP contribution in [0.4, 0.5) is 0 Å². The fraction of sp³-hybridized carbons (Fsp3) is 0.600. The Hall–Kier alpha value is -2.28. The minimum Gasteiger partial charge on any atom is -0.493 e. The predicted molar refractivity (Wildman–Crippen MR) is 102 cm³/mol. The van der Waals surface area contributed by atoms with E-state index in [2.05, 4.69) is 24.1 Å². The van der Waals surface area contributed by atoms with Gasteiger partial charge in [0.2, 0.25) is 5.91 Å². The molecular formula is C20H29N3O4. The second-order valence-electron chi connectivity index (χ2n) is 7.39. The molecule has 1 aromatic rings. The Kier molecular flexibility index (Phi) is 6.21. The lowest BCUT2D eigenvalue weighted by molar-refractivity contribution is -0.123. The molecule has 2 aliphatic rings. The van der Waals surface area contributed by atoms with Crippen LogP contribution >= 0.6 is 0 Å². The summed E-state index contributed by atoms with van der Waals surface area (Å²) in [6.45, 7) is 7.52. The number of nitrogens with one attached hydrogen (secondary N) is 1. The molecule has 0 radical (unpaired) electrons. The van der Waals surface area contributed by atoms with E-state index in [9.17, 15) is 9.59 Å². The Morgan fingerprint density at radius 3 is 2.56 bits per heavy atom. The van der Waals surface area contributed by atoms with Crippen LogP contribution in [0.2, 0.25) is 0 Å². The van der Waals surface area contributed by atoms with Crippen molar-refractivity contribution in [1.29, 1.82) is 0 Å². The third-order valence-electron chi connectivity index (χ3n) is 5.24. The SMILES string of the molecule is COc1ccc(C(=O)N2CCNC(=O)C2)cc1OC1CCN(C(C)C)CC1. The summed E-state index contributed by atoms with van der Waals surface area (Å²) in [5.41, 5.74) is 0.514. The average molecular weight is 375 g/mol. The summed E-state index contributed by atoms with van der Waals surface area (Å²) in [5, 5.41) is 2.73. The number of rotatable bonds is 5. The number of carbonyl (C=O) groups excluding carboxylic acids is 2. The number of likely N-dealkylation sites (tertiary alicyclic amines) is 1. The summed E-state index contributed by atoms with van der Waals surface area (Å²) in [4.78, 5) is 28.3. The van der Waals surface area contributed by atoms with Crippen molar-refractivity contribution in [3.63, 3.8) is 0 Å². The molecule has 2 heterocycles. The van der Waals surface area contributed by atoms with Crippen LogP contribution in [0.1, 0.15) is 37.0 Å². The highest BCUT2D eigenvalue weighted by Gasteiger charge is 2.25. The van der Waals surface area contributed by atoms with Gasteiger partial charge in [0.05, 0.1) is 13.7 Å². The number of amides is 2. The van der Waals surface area contributed by atoms with Gasteiger partial charge in [-0.3, -0.25) is 9.59 Å². The fourth-order valence-corrected chi connectivity index (χ4v) is 3.59. The number of hydrogen-bond acceptors (Lipinski definition) is 5. The average Bonchev–Trinajstić information content (AvgIpc) is 2.68. The third kappa shape index (κ3) is 4.71. The van der Waals surface area contributed by atoms with E-state index in [1.807, 2.05) is 0 Å². The van der Waals surface area contributed by atoms with E-state index in [0.29, 0.717) is 36.2 Å². The molecule has 1 aromatic carbocycles. The monoisotopic (exact) mass is 375 g/mol. The molecule has 0 atom stereocenters. The van der Waals surface area contributed by atoms with Crippen molar-refractivity contribution in [2.24, 2.45) is 0 Å². The molecule has 7 nitrogen and oxygen atoms in total. The predicted octanol–water partition coefficient (Wildman–Crippen LogP) is 1.52. The molecule has 0 spiro atoms. The smallest absolute Gasteiger partial charge is 0.254 e. The van der Waals surface area contributed by atoms with Crippen LogP contribution in [-0.4, -0.2) is 73.6 Å². The lowest BCUT2D eigenvalue weighted by Gasteiger charge is -2.34. The molecule has 3 rings (SSSR count). The first kappa shape index (κ1) is 19.5. The van der Waals surface area contributed by atoms with Crippen LogP contribution in [0.25, 0.3) is 0 Å². The van der Waals surface area contributed by atoms with Crippen molar-refractivity contribution in [3.05, 3.63) is 23.8 Å². The first-order chi connectivity index (χ1) is 13.0. The van der Waals surface area contributed by atoms with Crippen molar-refractivity contribution >= 4 is 11.8 Å². The van der Waals surface area contributed by atoms with Crippen LogP contribution in [0.3, 0.4) is 0 Å². The molecule has 0 aromatic heterocycles. The number of carbonyl (C=O) groups is 2. The van der Waals surface area contributed by atoms with E-state index in [4.69, 9.17) is 9.47 Å². The summed E-state index contributed by atoms with van der Waals surface area (Å²) >= 11 is 0. The van der Waals surface area contributed by atoms with Gasteiger partial charge in [-0.15, -0.1) is 0 Å². The Morgan fingerprint density at radius 1 is 1.19 bits per heavy atom. The minimum atomic E-state index is -0.160. The molecule has 0 unspecified atom stereocenters. The highest BCUT2D eigenvalue weighted by Crippen LogP contribution is 2.31. The van der Waals surface area contributed by atoms with Crippen molar-refractivity contribution in [1.82, 2.24) is 15.1 Å². The van der Waals surface area contributed by atoms with Gasteiger partial charge in [-0.05, 0) is 44.9 Å². The molecule has 27 heavy (non-hydrogen) atoms. The molecule has 0 bridgehead atoms. The number of piperazine rings is 1.